The molecule has 2 aromatic carbocycles. The normalized spacial score (nSPS) is 18.6. The summed E-state index contributed by atoms with van der Waals surface area (Å²) in [5.74, 6) is 0.0834. The second kappa shape index (κ2) is 5.02. The molecule has 0 saturated carbocycles. The molecule has 0 atom stereocenters. The predicted octanol–water partition coefficient (Wildman–Crippen LogP) is 3.06. The molecular weight excluding hydrogens is 272 g/mol. The Morgan fingerprint density at radius 2 is 1.73 bits per heavy atom. The van der Waals surface area contributed by atoms with Gasteiger partial charge in [-0.2, -0.15) is 0 Å². The summed E-state index contributed by atoms with van der Waals surface area (Å²) in [6.45, 7) is 1.83. The average molecular weight is 290 g/mol. The van der Waals surface area contributed by atoms with E-state index in [9.17, 15) is 4.79 Å². The Morgan fingerprint density at radius 1 is 1.00 bits per heavy atom. The minimum Gasteiger partial charge on any atom is -0.372 e. The van der Waals surface area contributed by atoms with Gasteiger partial charge in [-0.15, -0.1) is 0 Å². The lowest BCUT2D eigenvalue weighted by atomic mass is 10.00. The molecule has 3 heteroatoms. The summed E-state index contributed by atoms with van der Waals surface area (Å²) >= 11 is 0. The van der Waals surface area contributed by atoms with Gasteiger partial charge in [0.1, 0.15) is 0 Å². The van der Waals surface area contributed by atoms with Crippen molar-refractivity contribution in [3.63, 3.8) is 0 Å². The van der Waals surface area contributed by atoms with Crippen molar-refractivity contribution in [1.82, 2.24) is 4.90 Å². The third-order valence-electron chi connectivity index (χ3n) is 4.56. The Labute approximate surface area is 130 Å². The number of hydrogen-bond acceptors (Lipinski definition) is 2. The summed E-state index contributed by atoms with van der Waals surface area (Å²) < 4.78 is 0. The monoisotopic (exact) mass is 290 g/mol. The SMILES string of the molecule is CN1C(=O)/C(=C\N2CCc3ccccc3C2)c2ccccc21. The number of nitrogens with zero attached hydrogens (tertiary/aromatic N) is 2. The summed E-state index contributed by atoms with van der Waals surface area (Å²) in [6.07, 6.45) is 3.08. The van der Waals surface area contributed by atoms with Gasteiger partial charge in [0.15, 0.2) is 0 Å². The van der Waals surface area contributed by atoms with E-state index in [4.69, 9.17) is 0 Å². The fraction of sp³-hybridized carbons (Fsp3) is 0.211. The smallest absolute Gasteiger partial charge is 0.260 e. The van der Waals surface area contributed by atoms with Crippen LogP contribution in [0, 0.1) is 0 Å². The van der Waals surface area contributed by atoms with E-state index < -0.39 is 0 Å². The molecule has 2 heterocycles. The summed E-state index contributed by atoms with van der Waals surface area (Å²) in [7, 11) is 1.84. The predicted molar refractivity (Wildman–Crippen MR) is 88.4 cm³/mol. The average Bonchev–Trinajstić information content (AvgIpc) is 2.80. The third kappa shape index (κ3) is 2.01. The van der Waals surface area contributed by atoms with Gasteiger partial charge in [0.2, 0.25) is 0 Å². The van der Waals surface area contributed by atoms with Crippen molar-refractivity contribution in [2.45, 2.75) is 13.0 Å². The van der Waals surface area contributed by atoms with E-state index in [1.807, 2.05) is 37.5 Å². The lowest BCUT2D eigenvalue weighted by Crippen LogP contribution is -2.27. The Hall–Kier alpha value is -2.55. The highest BCUT2D eigenvalue weighted by atomic mass is 16.2. The molecule has 0 N–H and O–H groups in total. The maximum atomic E-state index is 12.5. The highest BCUT2D eigenvalue weighted by Crippen LogP contribution is 2.36. The van der Waals surface area contributed by atoms with Crippen LogP contribution < -0.4 is 4.90 Å². The van der Waals surface area contributed by atoms with Gasteiger partial charge in [-0.05, 0) is 23.6 Å². The van der Waals surface area contributed by atoms with Gasteiger partial charge in [-0.25, -0.2) is 0 Å². The first-order chi connectivity index (χ1) is 10.7. The molecule has 0 unspecified atom stereocenters. The molecule has 110 valence electrons. The number of benzene rings is 2. The number of rotatable bonds is 1. The van der Waals surface area contributed by atoms with Crippen LogP contribution in [0.2, 0.25) is 0 Å². The first-order valence-corrected chi connectivity index (χ1v) is 7.64. The summed E-state index contributed by atoms with van der Waals surface area (Å²) in [4.78, 5) is 16.5. The van der Waals surface area contributed by atoms with E-state index in [2.05, 4.69) is 29.2 Å². The molecule has 0 bridgehead atoms. The molecule has 2 aromatic rings. The van der Waals surface area contributed by atoms with Gasteiger partial charge < -0.3 is 9.80 Å². The van der Waals surface area contributed by atoms with E-state index in [0.29, 0.717) is 0 Å². The second-order valence-corrected chi connectivity index (χ2v) is 5.91. The van der Waals surface area contributed by atoms with Crippen LogP contribution >= 0.6 is 0 Å². The van der Waals surface area contributed by atoms with Gasteiger partial charge in [-0.1, -0.05) is 42.5 Å². The van der Waals surface area contributed by atoms with Crippen molar-refractivity contribution in [1.29, 1.82) is 0 Å². The van der Waals surface area contributed by atoms with Crippen LogP contribution in [0.15, 0.2) is 54.7 Å². The molecule has 3 nitrogen and oxygen atoms in total. The molecular formula is C19H18N2O. The fourth-order valence-corrected chi connectivity index (χ4v) is 3.33. The molecule has 1 amide bonds. The molecule has 0 fully saturated rings. The van der Waals surface area contributed by atoms with Crippen LogP contribution in [-0.2, 0) is 17.8 Å². The van der Waals surface area contributed by atoms with Crippen molar-refractivity contribution >= 4 is 17.2 Å². The maximum Gasteiger partial charge on any atom is 0.260 e. The number of amides is 1. The Bertz CT molecular complexity index is 779. The van der Waals surface area contributed by atoms with Crippen molar-refractivity contribution in [3.05, 3.63) is 71.4 Å². The first kappa shape index (κ1) is 13.1. The molecule has 0 aromatic heterocycles. The number of carbonyl (C=O) groups is 1. The Kier molecular flexibility index (Phi) is 3.00. The molecule has 22 heavy (non-hydrogen) atoms. The largest absolute Gasteiger partial charge is 0.372 e. The van der Waals surface area contributed by atoms with E-state index in [1.165, 1.54) is 11.1 Å². The lowest BCUT2D eigenvalue weighted by Gasteiger charge is -2.28. The summed E-state index contributed by atoms with van der Waals surface area (Å²) in [6, 6.07) is 16.5. The van der Waals surface area contributed by atoms with Crippen LogP contribution in [0.25, 0.3) is 5.57 Å². The molecule has 2 aliphatic rings. The van der Waals surface area contributed by atoms with Gasteiger partial charge in [0.05, 0.1) is 11.3 Å². The van der Waals surface area contributed by atoms with Crippen molar-refractivity contribution < 1.29 is 4.79 Å². The molecule has 0 radical (unpaired) electrons. The third-order valence-corrected chi connectivity index (χ3v) is 4.56. The highest BCUT2D eigenvalue weighted by molar-refractivity contribution is 6.32. The van der Waals surface area contributed by atoms with E-state index in [-0.39, 0.29) is 5.91 Å². The minimum atomic E-state index is 0.0834. The number of hydrogen-bond donors (Lipinski definition) is 0. The Morgan fingerprint density at radius 3 is 2.59 bits per heavy atom. The summed E-state index contributed by atoms with van der Waals surface area (Å²) in [5.41, 5.74) is 5.62. The topological polar surface area (TPSA) is 23.6 Å². The van der Waals surface area contributed by atoms with E-state index >= 15 is 0 Å². The number of anilines is 1. The number of carbonyl (C=O) groups excluding carboxylic acids is 1. The second-order valence-electron chi connectivity index (χ2n) is 5.91. The number of likely N-dealkylation sites (N-methyl/N-ethyl adjacent to an activating group) is 1. The van der Waals surface area contributed by atoms with Gasteiger partial charge in [0, 0.05) is 31.9 Å². The van der Waals surface area contributed by atoms with Crippen LogP contribution in [0.4, 0.5) is 5.69 Å². The van der Waals surface area contributed by atoms with Crippen molar-refractivity contribution in [2.24, 2.45) is 0 Å². The number of para-hydroxylation sites is 1. The maximum absolute atomic E-state index is 12.5. The first-order valence-electron chi connectivity index (χ1n) is 7.64. The van der Waals surface area contributed by atoms with Gasteiger partial charge in [0.25, 0.3) is 5.91 Å². The molecule has 0 saturated heterocycles. The van der Waals surface area contributed by atoms with Crippen molar-refractivity contribution in [3.8, 4) is 0 Å². The van der Waals surface area contributed by atoms with E-state index in [0.717, 1.165) is 36.3 Å². The molecule has 2 aliphatic heterocycles. The lowest BCUT2D eigenvalue weighted by molar-refractivity contribution is -0.112. The van der Waals surface area contributed by atoms with Crippen LogP contribution in [-0.4, -0.2) is 24.4 Å². The quantitative estimate of drug-likeness (QED) is 0.754. The van der Waals surface area contributed by atoms with E-state index in [1.54, 1.807) is 4.90 Å². The highest BCUT2D eigenvalue weighted by Gasteiger charge is 2.30. The zero-order chi connectivity index (χ0) is 15.1. The van der Waals surface area contributed by atoms with Crippen LogP contribution in [0.3, 0.4) is 0 Å². The number of fused-ring (bicyclic) bond motifs is 2. The Balaban J connectivity index is 1.68. The van der Waals surface area contributed by atoms with Crippen molar-refractivity contribution in [2.75, 3.05) is 18.5 Å². The van der Waals surface area contributed by atoms with Crippen LogP contribution in [0.5, 0.6) is 0 Å². The van der Waals surface area contributed by atoms with Crippen LogP contribution in [0.1, 0.15) is 16.7 Å². The minimum absolute atomic E-state index is 0.0834. The molecule has 4 rings (SSSR count). The molecule has 0 aliphatic carbocycles. The standard InChI is InChI=1S/C19H18N2O/c1-20-18-9-5-4-8-16(18)17(19(20)22)13-21-11-10-14-6-2-3-7-15(14)12-21/h2-9,13H,10-12H2,1H3/b17-13-. The van der Waals surface area contributed by atoms with Gasteiger partial charge >= 0.3 is 0 Å². The zero-order valence-electron chi connectivity index (χ0n) is 12.6. The van der Waals surface area contributed by atoms with Gasteiger partial charge in [-0.3, -0.25) is 4.79 Å². The molecule has 0 spiro atoms. The fourth-order valence-electron chi connectivity index (χ4n) is 3.33. The zero-order valence-corrected chi connectivity index (χ0v) is 12.6. The summed E-state index contributed by atoms with van der Waals surface area (Å²) in [5, 5.41) is 0.